The van der Waals surface area contributed by atoms with Crippen molar-refractivity contribution < 1.29 is 9.47 Å². The Labute approximate surface area is 206 Å². The normalized spacial score (nSPS) is 15.1. The minimum atomic E-state index is 0. The van der Waals surface area contributed by atoms with Crippen molar-refractivity contribution in [3.05, 3.63) is 29.8 Å². The lowest BCUT2D eigenvalue weighted by Crippen LogP contribution is -2.38. The van der Waals surface area contributed by atoms with Gasteiger partial charge in [0.25, 0.3) is 0 Å². The Kier molecular flexibility index (Phi) is 14.9. The second-order valence-electron chi connectivity index (χ2n) is 8.56. The number of guanidine groups is 1. The Morgan fingerprint density at radius 2 is 2.00 bits per heavy atom. The summed E-state index contributed by atoms with van der Waals surface area (Å²) < 4.78 is 11.5. The van der Waals surface area contributed by atoms with Crippen LogP contribution in [0.3, 0.4) is 0 Å². The third kappa shape index (κ3) is 11.9. The molecule has 1 aromatic rings. The monoisotopic (exact) mass is 546 g/mol. The second kappa shape index (κ2) is 16.6. The molecule has 0 spiro atoms. The molecule has 0 radical (unpaired) electrons. The van der Waals surface area contributed by atoms with Gasteiger partial charge in [-0.05, 0) is 49.9 Å². The van der Waals surface area contributed by atoms with Crippen LogP contribution >= 0.6 is 24.0 Å². The number of likely N-dealkylation sites (N-methyl/N-ethyl adjacent to an activating group) is 1. The number of nitrogens with zero attached hydrogens (tertiary/aromatic N) is 2. The maximum Gasteiger partial charge on any atom is 0.191 e. The van der Waals surface area contributed by atoms with Gasteiger partial charge in [0.1, 0.15) is 12.4 Å². The Balaban J connectivity index is 0.00000480. The Bertz CT molecular complexity index is 621. The number of aliphatic imine (C=N–C) groups is 1. The Hall–Kier alpha value is -1.06. The maximum atomic E-state index is 6.01. The lowest BCUT2D eigenvalue weighted by molar-refractivity contribution is 0.0392. The van der Waals surface area contributed by atoms with E-state index in [0.717, 1.165) is 63.3 Å². The van der Waals surface area contributed by atoms with Crippen LogP contribution in [0.1, 0.15) is 51.5 Å². The predicted molar refractivity (Wildman–Crippen MR) is 141 cm³/mol. The van der Waals surface area contributed by atoms with Crippen molar-refractivity contribution >= 4 is 29.9 Å². The highest BCUT2D eigenvalue weighted by Crippen LogP contribution is 2.15. The zero-order valence-corrected chi connectivity index (χ0v) is 22.2. The number of benzene rings is 1. The number of unbranched alkanes of at least 4 members (excludes halogenated alkanes) is 1. The molecule has 0 aromatic heterocycles. The summed E-state index contributed by atoms with van der Waals surface area (Å²) in [4.78, 5) is 6.71. The molecule has 0 bridgehead atoms. The van der Waals surface area contributed by atoms with Gasteiger partial charge in [-0.2, -0.15) is 0 Å². The molecular weight excluding hydrogens is 503 g/mol. The smallest absolute Gasteiger partial charge is 0.191 e. The minimum absolute atomic E-state index is 0. The maximum absolute atomic E-state index is 6.01. The van der Waals surface area contributed by atoms with Crippen LogP contribution in [0.4, 0.5) is 0 Å². The summed E-state index contributed by atoms with van der Waals surface area (Å²) in [6.45, 7) is 9.61. The number of halogens is 1. The zero-order valence-electron chi connectivity index (χ0n) is 19.9. The summed E-state index contributed by atoms with van der Waals surface area (Å²) in [7, 11) is 4.00. The van der Waals surface area contributed by atoms with E-state index in [2.05, 4.69) is 59.6 Å². The van der Waals surface area contributed by atoms with E-state index in [4.69, 9.17) is 9.47 Å². The first-order valence-corrected chi connectivity index (χ1v) is 11.5. The SMILES string of the molecule is CN=C(NCCCCC(C)C)NCc1cccc(OCCN(C)C2CCOCC2)c1.I. The van der Waals surface area contributed by atoms with E-state index in [0.29, 0.717) is 12.6 Å². The van der Waals surface area contributed by atoms with Crippen LogP contribution in [0, 0.1) is 5.92 Å². The van der Waals surface area contributed by atoms with Crippen LogP contribution in [0.2, 0.25) is 0 Å². The summed E-state index contributed by atoms with van der Waals surface area (Å²) in [6.07, 6.45) is 5.94. The average Bonchev–Trinajstić information content (AvgIpc) is 2.76. The van der Waals surface area contributed by atoms with Gasteiger partial charge >= 0.3 is 0 Å². The van der Waals surface area contributed by atoms with Gasteiger partial charge in [-0.1, -0.05) is 38.8 Å². The first kappa shape index (κ1) is 28.0. The number of nitrogens with one attached hydrogen (secondary N) is 2. The summed E-state index contributed by atoms with van der Waals surface area (Å²) in [5.74, 6) is 2.55. The molecule has 7 heteroatoms. The van der Waals surface area contributed by atoms with Gasteiger partial charge in [0, 0.05) is 45.9 Å². The Morgan fingerprint density at radius 1 is 1.23 bits per heavy atom. The van der Waals surface area contributed by atoms with Gasteiger partial charge < -0.3 is 20.1 Å². The molecule has 31 heavy (non-hydrogen) atoms. The van der Waals surface area contributed by atoms with Crippen molar-refractivity contribution in [2.24, 2.45) is 10.9 Å². The van der Waals surface area contributed by atoms with Crippen molar-refractivity contribution in [3.63, 3.8) is 0 Å². The van der Waals surface area contributed by atoms with Gasteiger partial charge in [-0.3, -0.25) is 9.89 Å². The first-order chi connectivity index (χ1) is 14.6. The summed E-state index contributed by atoms with van der Waals surface area (Å²) in [5, 5.41) is 6.79. The van der Waals surface area contributed by atoms with E-state index in [-0.39, 0.29) is 24.0 Å². The highest BCUT2D eigenvalue weighted by molar-refractivity contribution is 14.0. The first-order valence-electron chi connectivity index (χ1n) is 11.5. The van der Waals surface area contributed by atoms with Crippen LogP contribution in [0.25, 0.3) is 0 Å². The summed E-state index contributed by atoms with van der Waals surface area (Å²) >= 11 is 0. The average molecular weight is 547 g/mol. The van der Waals surface area contributed by atoms with E-state index in [1.165, 1.54) is 24.8 Å². The third-order valence-electron chi connectivity index (χ3n) is 5.61. The fourth-order valence-corrected chi connectivity index (χ4v) is 3.65. The molecular formula is C24H43IN4O2. The van der Waals surface area contributed by atoms with Gasteiger partial charge in [0.05, 0.1) is 0 Å². The lowest BCUT2D eigenvalue weighted by atomic mass is 10.1. The van der Waals surface area contributed by atoms with Crippen molar-refractivity contribution in [2.45, 2.75) is 58.5 Å². The molecule has 1 saturated heterocycles. The minimum Gasteiger partial charge on any atom is -0.492 e. The fourth-order valence-electron chi connectivity index (χ4n) is 3.65. The molecule has 0 aliphatic carbocycles. The van der Waals surface area contributed by atoms with Crippen molar-refractivity contribution in [3.8, 4) is 5.75 Å². The van der Waals surface area contributed by atoms with Crippen molar-refractivity contribution in [2.75, 3.05) is 47.0 Å². The van der Waals surface area contributed by atoms with Gasteiger partial charge in [0.2, 0.25) is 0 Å². The van der Waals surface area contributed by atoms with E-state index >= 15 is 0 Å². The molecule has 1 aliphatic heterocycles. The number of hydrogen-bond donors (Lipinski definition) is 2. The highest BCUT2D eigenvalue weighted by atomic mass is 127. The molecule has 0 saturated carbocycles. The molecule has 0 unspecified atom stereocenters. The van der Waals surface area contributed by atoms with Crippen LogP contribution in [-0.4, -0.2) is 63.9 Å². The van der Waals surface area contributed by atoms with Gasteiger partial charge in [-0.15, -0.1) is 24.0 Å². The zero-order chi connectivity index (χ0) is 21.6. The van der Waals surface area contributed by atoms with Gasteiger partial charge in [-0.25, -0.2) is 0 Å². The molecule has 178 valence electrons. The number of ether oxygens (including phenoxy) is 2. The molecule has 0 amide bonds. The molecule has 2 rings (SSSR count). The summed E-state index contributed by atoms with van der Waals surface area (Å²) in [5.41, 5.74) is 1.19. The van der Waals surface area contributed by atoms with Crippen molar-refractivity contribution in [1.29, 1.82) is 0 Å². The Morgan fingerprint density at radius 3 is 2.71 bits per heavy atom. The number of hydrogen-bond acceptors (Lipinski definition) is 4. The van der Waals surface area contributed by atoms with Crippen LogP contribution in [0.15, 0.2) is 29.3 Å². The molecule has 6 nitrogen and oxygen atoms in total. The molecule has 1 aliphatic rings. The van der Waals surface area contributed by atoms with E-state index in [1.807, 2.05) is 13.1 Å². The third-order valence-corrected chi connectivity index (χ3v) is 5.61. The number of rotatable bonds is 12. The van der Waals surface area contributed by atoms with E-state index < -0.39 is 0 Å². The molecule has 1 aromatic carbocycles. The largest absolute Gasteiger partial charge is 0.492 e. The standard InChI is InChI=1S/C24H42N4O2.HI/c1-20(2)8-5-6-13-26-24(25-3)27-19-21-9-7-10-23(18-21)30-17-14-28(4)22-11-15-29-16-12-22;/h7,9-10,18,20,22H,5-6,8,11-17,19H2,1-4H3,(H2,25,26,27);1H. The van der Waals surface area contributed by atoms with E-state index in [1.54, 1.807) is 0 Å². The van der Waals surface area contributed by atoms with E-state index in [9.17, 15) is 0 Å². The molecule has 2 N–H and O–H groups in total. The molecule has 1 fully saturated rings. The predicted octanol–water partition coefficient (Wildman–Crippen LogP) is 4.29. The van der Waals surface area contributed by atoms with Crippen LogP contribution in [-0.2, 0) is 11.3 Å². The second-order valence-corrected chi connectivity index (χ2v) is 8.56. The van der Waals surface area contributed by atoms with Crippen LogP contribution in [0.5, 0.6) is 5.75 Å². The molecule has 0 atom stereocenters. The van der Waals surface area contributed by atoms with Gasteiger partial charge in [0.15, 0.2) is 5.96 Å². The quantitative estimate of drug-likeness (QED) is 0.177. The lowest BCUT2D eigenvalue weighted by Gasteiger charge is -2.31. The van der Waals surface area contributed by atoms with Crippen LogP contribution < -0.4 is 15.4 Å². The summed E-state index contributed by atoms with van der Waals surface area (Å²) in [6, 6.07) is 8.92. The molecule has 1 heterocycles. The topological polar surface area (TPSA) is 58.1 Å². The van der Waals surface area contributed by atoms with Crippen molar-refractivity contribution in [1.82, 2.24) is 15.5 Å². The highest BCUT2D eigenvalue weighted by Gasteiger charge is 2.17. The fraction of sp³-hybridized carbons (Fsp3) is 0.708.